The highest BCUT2D eigenvalue weighted by Gasteiger charge is 2.39. The van der Waals surface area contributed by atoms with Crippen molar-refractivity contribution in [1.29, 1.82) is 0 Å². The minimum absolute atomic E-state index is 0.168. The summed E-state index contributed by atoms with van der Waals surface area (Å²) in [6.45, 7) is 2.16. The molecule has 92 valence electrons. The number of carbonyl (C=O) groups is 2. The van der Waals surface area contributed by atoms with E-state index in [2.05, 4.69) is 0 Å². The van der Waals surface area contributed by atoms with Gasteiger partial charge in [-0.05, 0) is 19.1 Å². The second-order valence-corrected chi connectivity index (χ2v) is 5.03. The van der Waals surface area contributed by atoms with E-state index in [0.717, 1.165) is 12.8 Å². The van der Waals surface area contributed by atoms with Gasteiger partial charge in [-0.3, -0.25) is 4.79 Å². The van der Waals surface area contributed by atoms with Crippen molar-refractivity contribution in [3.8, 4) is 0 Å². The van der Waals surface area contributed by atoms with E-state index in [1.54, 1.807) is 6.92 Å². The van der Waals surface area contributed by atoms with Gasteiger partial charge in [0.2, 0.25) is 0 Å². The molecule has 1 aliphatic heterocycles. The number of amides is 1. The molecule has 0 aliphatic carbocycles. The first-order valence-electron chi connectivity index (χ1n) is 5.24. The highest BCUT2D eigenvalue weighted by Crippen LogP contribution is 2.31. The Kier molecular flexibility index (Phi) is 4.46. The number of nitrogens with zero attached hydrogens (tertiary/aromatic N) is 1. The summed E-state index contributed by atoms with van der Waals surface area (Å²) in [5.41, 5.74) is 0. The van der Waals surface area contributed by atoms with Crippen molar-refractivity contribution >= 4 is 23.8 Å². The average Bonchev–Trinajstić information content (AvgIpc) is 2.67. The Morgan fingerprint density at radius 1 is 1.44 bits per heavy atom. The van der Waals surface area contributed by atoms with Crippen LogP contribution in [0, 0.1) is 5.92 Å². The van der Waals surface area contributed by atoms with Crippen LogP contribution in [0.5, 0.6) is 0 Å². The van der Waals surface area contributed by atoms with Crippen LogP contribution in [0.25, 0.3) is 0 Å². The minimum atomic E-state index is -0.945. The predicted octanol–water partition coefficient (Wildman–Crippen LogP) is 1.58. The molecule has 1 heterocycles. The van der Waals surface area contributed by atoms with Crippen molar-refractivity contribution in [2.24, 2.45) is 5.92 Å². The Bertz CT molecular complexity index is 284. The van der Waals surface area contributed by atoms with Crippen molar-refractivity contribution < 1.29 is 19.8 Å². The zero-order valence-electron chi connectivity index (χ0n) is 9.42. The predicted molar refractivity (Wildman–Crippen MR) is 61.9 cm³/mol. The number of thioether (sulfide) groups is 1. The average molecular weight is 247 g/mol. The first-order chi connectivity index (χ1) is 7.49. The van der Waals surface area contributed by atoms with E-state index >= 15 is 0 Å². The van der Waals surface area contributed by atoms with Gasteiger partial charge in [0.25, 0.3) is 0 Å². The fourth-order valence-corrected chi connectivity index (χ4v) is 3.33. The third-order valence-electron chi connectivity index (χ3n) is 3.08. The van der Waals surface area contributed by atoms with Crippen LogP contribution < -0.4 is 0 Å². The summed E-state index contributed by atoms with van der Waals surface area (Å²) in [5, 5.41) is 17.8. The number of rotatable bonds is 4. The van der Waals surface area contributed by atoms with Crippen LogP contribution >= 0.6 is 11.8 Å². The van der Waals surface area contributed by atoms with E-state index in [-0.39, 0.29) is 11.3 Å². The molecule has 0 aromatic heterocycles. The molecule has 0 spiro atoms. The lowest BCUT2D eigenvalue weighted by atomic mass is 9.99. The van der Waals surface area contributed by atoms with E-state index in [0.29, 0.717) is 6.54 Å². The van der Waals surface area contributed by atoms with Gasteiger partial charge in [-0.1, -0.05) is 6.92 Å². The Morgan fingerprint density at radius 3 is 2.50 bits per heavy atom. The fourth-order valence-electron chi connectivity index (χ4n) is 2.21. The maximum atomic E-state index is 11.0. The number of carboxylic acid groups (broad SMARTS) is 2. The van der Waals surface area contributed by atoms with Gasteiger partial charge < -0.3 is 15.1 Å². The minimum Gasteiger partial charge on any atom is -0.481 e. The zero-order valence-corrected chi connectivity index (χ0v) is 10.2. The maximum Gasteiger partial charge on any atom is 0.407 e. The van der Waals surface area contributed by atoms with Gasteiger partial charge in [0.1, 0.15) is 0 Å². The normalized spacial score (nSPS) is 24.1. The van der Waals surface area contributed by atoms with E-state index in [1.807, 2.05) is 6.26 Å². The lowest BCUT2D eigenvalue weighted by molar-refractivity contribution is -0.141. The molecule has 0 bridgehead atoms. The maximum absolute atomic E-state index is 11.0. The Morgan fingerprint density at radius 2 is 2.06 bits per heavy atom. The summed E-state index contributed by atoms with van der Waals surface area (Å²) >= 11 is 1.44. The molecule has 1 aliphatic rings. The Hall–Kier alpha value is -0.910. The summed E-state index contributed by atoms with van der Waals surface area (Å²) < 4.78 is 0. The summed E-state index contributed by atoms with van der Waals surface area (Å²) in [4.78, 5) is 23.3. The van der Waals surface area contributed by atoms with Crippen LogP contribution in [0.3, 0.4) is 0 Å². The van der Waals surface area contributed by atoms with Gasteiger partial charge in [-0.15, -0.1) is 0 Å². The number of likely N-dealkylation sites (tertiary alicyclic amines) is 1. The second kappa shape index (κ2) is 5.43. The largest absolute Gasteiger partial charge is 0.481 e. The highest BCUT2D eigenvalue weighted by molar-refractivity contribution is 7.99. The standard InChI is InChI=1S/C10H17NO4S/c1-6(9(12)13)8(16-2)7-4-3-5-11(7)10(14)15/h6-8H,3-5H2,1-2H3,(H,12,13)(H,14,15). The second-order valence-electron chi connectivity index (χ2n) is 4.01. The zero-order chi connectivity index (χ0) is 12.3. The fraction of sp³-hybridized carbons (Fsp3) is 0.800. The molecule has 1 rings (SSSR count). The highest BCUT2D eigenvalue weighted by atomic mass is 32.2. The first kappa shape index (κ1) is 13.2. The van der Waals surface area contributed by atoms with Gasteiger partial charge in [-0.2, -0.15) is 11.8 Å². The van der Waals surface area contributed by atoms with Gasteiger partial charge in [0.15, 0.2) is 0 Å². The number of hydrogen-bond acceptors (Lipinski definition) is 3. The monoisotopic (exact) mass is 247 g/mol. The van der Waals surface area contributed by atoms with Crippen LogP contribution in [0.1, 0.15) is 19.8 Å². The molecule has 0 aromatic rings. The molecule has 2 N–H and O–H groups in total. The van der Waals surface area contributed by atoms with Gasteiger partial charge >= 0.3 is 12.1 Å². The quantitative estimate of drug-likeness (QED) is 0.788. The number of carboxylic acids is 1. The van der Waals surface area contributed by atoms with Crippen molar-refractivity contribution in [3.63, 3.8) is 0 Å². The van der Waals surface area contributed by atoms with Crippen molar-refractivity contribution in [2.75, 3.05) is 12.8 Å². The van der Waals surface area contributed by atoms with E-state index in [1.165, 1.54) is 16.7 Å². The van der Waals surface area contributed by atoms with Crippen molar-refractivity contribution in [3.05, 3.63) is 0 Å². The van der Waals surface area contributed by atoms with E-state index < -0.39 is 18.0 Å². The Labute approximate surface area is 98.8 Å². The number of hydrogen-bond donors (Lipinski definition) is 2. The van der Waals surface area contributed by atoms with Crippen LogP contribution in [0.2, 0.25) is 0 Å². The molecule has 1 fully saturated rings. The van der Waals surface area contributed by atoms with Crippen molar-refractivity contribution in [1.82, 2.24) is 4.90 Å². The molecule has 3 atom stereocenters. The van der Waals surface area contributed by atoms with E-state index in [9.17, 15) is 9.59 Å². The van der Waals surface area contributed by atoms with Gasteiger partial charge in [0.05, 0.1) is 5.92 Å². The molecule has 0 radical (unpaired) electrons. The van der Waals surface area contributed by atoms with Gasteiger partial charge in [0, 0.05) is 17.8 Å². The van der Waals surface area contributed by atoms with Crippen LogP contribution in [0.4, 0.5) is 4.79 Å². The topological polar surface area (TPSA) is 77.8 Å². The summed E-state index contributed by atoms with van der Waals surface area (Å²) in [7, 11) is 0. The SMILES string of the molecule is CSC(C(C)C(=O)O)C1CCCN1C(=O)O. The van der Waals surface area contributed by atoms with Crippen LogP contribution in [-0.4, -0.2) is 51.3 Å². The molecular weight excluding hydrogens is 230 g/mol. The van der Waals surface area contributed by atoms with Crippen LogP contribution in [-0.2, 0) is 4.79 Å². The molecule has 0 aromatic carbocycles. The molecule has 5 nitrogen and oxygen atoms in total. The molecule has 6 heteroatoms. The number of aliphatic carboxylic acids is 1. The summed E-state index contributed by atoms with van der Waals surface area (Å²) in [5.74, 6) is -1.39. The molecule has 1 saturated heterocycles. The van der Waals surface area contributed by atoms with Crippen molar-refractivity contribution in [2.45, 2.75) is 31.1 Å². The van der Waals surface area contributed by atoms with Crippen LogP contribution in [0.15, 0.2) is 0 Å². The Balaban J connectivity index is 2.79. The molecule has 3 unspecified atom stereocenters. The van der Waals surface area contributed by atoms with E-state index in [4.69, 9.17) is 10.2 Å². The van der Waals surface area contributed by atoms with Gasteiger partial charge in [-0.25, -0.2) is 4.79 Å². The lowest BCUT2D eigenvalue weighted by Gasteiger charge is -2.30. The summed E-state index contributed by atoms with van der Waals surface area (Å²) in [6.07, 6.45) is 2.47. The molecular formula is C10H17NO4S. The lowest BCUT2D eigenvalue weighted by Crippen LogP contribution is -2.44. The molecule has 1 amide bonds. The third kappa shape index (κ3) is 2.61. The molecule has 0 saturated carbocycles. The first-order valence-corrected chi connectivity index (χ1v) is 6.53. The smallest absolute Gasteiger partial charge is 0.407 e. The third-order valence-corrected chi connectivity index (χ3v) is 4.35. The molecule has 16 heavy (non-hydrogen) atoms. The summed E-state index contributed by atoms with van der Waals surface area (Å²) in [6, 6.07) is -0.168.